The molecule has 0 aromatic heterocycles. The summed E-state index contributed by atoms with van der Waals surface area (Å²) in [6.45, 7) is 5.18. The van der Waals surface area contributed by atoms with Crippen molar-refractivity contribution in [2.75, 3.05) is 38.6 Å². The minimum atomic E-state index is -0.528. The lowest BCUT2D eigenvalue weighted by atomic mass is 10.1. The molecule has 1 atom stereocenters. The van der Waals surface area contributed by atoms with Gasteiger partial charge in [0.25, 0.3) is 5.91 Å². The van der Waals surface area contributed by atoms with Crippen LogP contribution in [-0.4, -0.2) is 56.5 Å². The molecule has 0 bridgehead atoms. The fourth-order valence-corrected chi connectivity index (χ4v) is 2.47. The predicted molar refractivity (Wildman–Crippen MR) is 89.8 cm³/mol. The van der Waals surface area contributed by atoms with Crippen LogP contribution in [0.5, 0.6) is 5.75 Å². The van der Waals surface area contributed by atoms with Crippen LogP contribution >= 0.6 is 0 Å². The summed E-state index contributed by atoms with van der Waals surface area (Å²) in [6, 6.07) is 5.68. The van der Waals surface area contributed by atoms with Gasteiger partial charge >= 0.3 is 0 Å². The molecule has 0 radical (unpaired) electrons. The molecule has 0 fully saturated rings. The molecule has 0 aliphatic carbocycles. The van der Waals surface area contributed by atoms with Crippen molar-refractivity contribution in [2.24, 2.45) is 0 Å². The van der Waals surface area contributed by atoms with E-state index in [0.29, 0.717) is 24.4 Å². The third-order valence-electron chi connectivity index (χ3n) is 3.77. The minimum absolute atomic E-state index is 0.0164. The summed E-state index contributed by atoms with van der Waals surface area (Å²) < 4.78 is 5.74. The lowest BCUT2D eigenvalue weighted by Gasteiger charge is -2.34. The molecule has 0 spiro atoms. The summed E-state index contributed by atoms with van der Waals surface area (Å²) >= 11 is 0. The molecule has 1 aromatic rings. The molecule has 6 nitrogen and oxygen atoms in total. The lowest BCUT2D eigenvalue weighted by molar-refractivity contribution is -0.129. The van der Waals surface area contributed by atoms with Gasteiger partial charge in [0, 0.05) is 13.1 Å². The largest absolute Gasteiger partial charge is 0.478 e. The Morgan fingerprint density at radius 3 is 2.78 bits per heavy atom. The maximum atomic E-state index is 12.6. The number of carbonyl (C=O) groups is 2. The summed E-state index contributed by atoms with van der Waals surface area (Å²) in [7, 11) is 3.89. The van der Waals surface area contributed by atoms with Gasteiger partial charge in [-0.15, -0.1) is 0 Å². The van der Waals surface area contributed by atoms with Gasteiger partial charge in [-0.1, -0.05) is 13.0 Å². The van der Waals surface area contributed by atoms with Gasteiger partial charge in [0.2, 0.25) is 5.91 Å². The number of carbonyl (C=O) groups excluding carboxylic acids is 2. The lowest BCUT2D eigenvalue weighted by Crippen LogP contribution is -2.50. The number of ether oxygens (including phenoxy) is 1. The standard InChI is InChI=1S/C17H25N3O3/c1-5-14-17(22)20(11-16(21)18-8-9-19(3)4)13-10-12(2)6-7-15(13)23-14/h6-7,10,14H,5,8-9,11H2,1-4H3,(H,18,21)/t14-/m0/s1. The molecular formula is C17H25N3O3. The van der Waals surface area contributed by atoms with Crippen molar-refractivity contribution in [2.45, 2.75) is 26.4 Å². The Kier molecular flexibility index (Phi) is 5.60. The zero-order valence-electron chi connectivity index (χ0n) is 14.3. The highest BCUT2D eigenvalue weighted by Crippen LogP contribution is 2.35. The maximum Gasteiger partial charge on any atom is 0.268 e. The van der Waals surface area contributed by atoms with Gasteiger partial charge in [-0.25, -0.2) is 0 Å². The quantitative estimate of drug-likeness (QED) is 0.855. The predicted octanol–water partition coefficient (Wildman–Crippen LogP) is 1.18. The molecule has 1 aliphatic heterocycles. The molecule has 2 amide bonds. The van der Waals surface area contributed by atoms with Crippen molar-refractivity contribution in [1.29, 1.82) is 0 Å². The van der Waals surface area contributed by atoms with Gasteiger partial charge in [0.1, 0.15) is 12.3 Å². The van der Waals surface area contributed by atoms with E-state index in [2.05, 4.69) is 5.32 Å². The SMILES string of the molecule is CC[C@@H]1Oc2ccc(C)cc2N(CC(=O)NCCN(C)C)C1=O. The van der Waals surface area contributed by atoms with E-state index in [1.807, 2.05) is 51.0 Å². The number of nitrogens with zero attached hydrogens (tertiary/aromatic N) is 2. The summed E-state index contributed by atoms with van der Waals surface area (Å²) in [6.07, 6.45) is 0.0463. The van der Waals surface area contributed by atoms with Crippen LogP contribution in [0.2, 0.25) is 0 Å². The van der Waals surface area contributed by atoms with Crippen molar-refractivity contribution >= 4 is 17.5 Å². The van der Waals surface area contributed by atoms with Gasteiger partial charge < -0.3 is 15.0 Å². The number of hydrogen-bond donors (Lipinski definition) is 1. The van der Waals surface area contributed by atoms with Crippen LogP contribution in [-0.2, 0) is 9.59 Å². The molecule has 1 aromatic carbocycles. The fraction of sp³-hybridized carbons (Fsp3) is 0.529. The summed E-state index contributed by atoms with van der Waals surface area (Å²) in [5.74, 6) is 0.334. The molecule has 23 heavy (non-hydrogen) atoms. The van der Waals surface area contributed by atoms with E-state index in [4.69, 9.17) is 4.74 Å². The van der Waals surface area contributed by atoms with Crippen LogP contribution in [0.4, 0.5) is 5.69 Å². The third-order valence-corrected chi connectivity index (χ3v) is 3.77. The van der Waals surface area contributed by atoms with Gasteiger partial charge in [-0.3, -0.25) is 14.5 Å². The topological polar surface area (TPSA) is 61.9 Å². The minimum Gasteiger partial charge on any atom is -0.478 e. The van der Waals surface area contributed by atoms with E-state index >= 15 is 0 Å². The van der Waals surface area contributed by atoms with Crippen LogP contribution in [0.15, 0.2) is 18.2 Å². The number of benzene rings is 1. The van der Waals surface area contributed by atoms with Crippen molar-refractivity contribution in [3.05, 3.63) is 23.8 Å². The molecule has 1 aliphatic rings. The second-order valence-electron chi connectivity index (χ2n) is 6.06. The van der Waals surface area contributed by atoms with E-state index in [1.165, 1.54) is 4.90 Å². The maximum absolute atomic E-state index is 12.6. The number of aryl methyl sites for hydroxylation is 1. The molecule has 126 valence electrons. The molecule has 0 saturated carbocycles. The Morgan fingerprint density at radius 2 is 2.13 bits per heavy atom. The fourth-order valence-electron chi connectivity index (χ4n) is 2.47. The Labute approximate surface area is 137 Å². The van der Waals surface area contributed by atoms with Gasteiger partial charge in [0.15, 0.2) is 6.10 Å². The van der Waals surface area contributed by atoms with Crippen molar-refractivity contribution in [3.63, 3.8) is 0 Å². The zero-order valence-corrected chi connectivity index (χ0v) is 14.3. The van der Waals surface area contributed by atoms with Crippen LogP contribution in [0.3, 0.4) is 0 Å². The monoisotopic (exact) mass is 319 g/mol. The number of rotatable bonds is 6. The Balaban J connectivity index is 2.14. The normalized spacial score (nSPS) is 17.0. The molecule has 0 saturated heterocycles. The van der Waals surface area contributed by atoms with E-state index in [9.17, 15) is 9.59 Å². The van der Waals surface area contributed by atoms with Crippen molar-refractivity contribution < 1.29 is 14.3 Å². The molecule has 0 unspecified atom stereocenters. The van der Waals surface area contributed by atoms with E-state index in [0.717, 1.165) is 12.1 Å². The van der Waals surface area contributed by atoms with Crippen LogP contribution in [0.25, 0.3) is 0 Å². The first-order valence-electron chi connectivity index (χ1n) is 7.92. The van der Waals surface area contributed by atoms with Crippen molar-refractivity contribution in [1.82, 2.24) is 10.2 Å². The number of nitrogens with one attached hydrogen (secondary N) is 1. The van der Waals surface area contributed by atoms with Crippen molar-refractivity contribution in [3.8, 4) is 5.75 Å². The number of amides is 2. The second-order valence-corrected chi connectivity index (χ2v) is 6.06. The average Bonchev–Trinajstić information content (AvgIpc) is 2.49. The van der Waals surface area contributed by atoms with Crippen LogP contribution in [0.1, 0.15) is 18.9 Å². The van der Waals surface area contributed by atoms with Gasteiger partial charge in [0.05, 0.1) is 5.69 Å². The average molecular weight is 319 g/mol. The van der Waals surface area contributed by atoms with Gasteiger partial charge in [-0.2, -0.15) is 0 Å². The van der Waals surface area contributed by atoms with Crippen LogP contribution < -0.4 is 15.0 Å². The summed E-state index contributed by atoms with van der Waals surface area (Å²) in [5, 5.41) is 2.84. The Hall–Kier alpha value is -2.08. The number of anilines is 1. The first-order chi connectivity index (χ1) is 10.9. The highest BCUT2D eigenvalue weighted by molar-refractivity contribution is 6.03. The molecular weight excluding hydrogens is 294 g/mol. The zero-order chi connectivity index (χ0) is 17.0. The number of likely N-dealkylation sites (N-methyl/N-ethyl adjacent to an activating group) is 1. The number of fused-ring (bicyclic) bond motifs is 1. The number of hydrogen-bond acceptors (Lipinski definition) is 4. The van der Waals surface area contributed by atoms with E-state index < -0.39 is 6.10 Å². The smallest absolute Gasteiger partial charge is 0.268 e. The molecule has 1 N–H and O–H groups in total. The van der Waals surface area contributed by atoms with E-state index in [1.54, 1.807) is 0 Å². The first kappa shape index (κ1) is 17.3. The summed E-state index contributed by atoms with van der Waals surface area (Å²) in [5.41, 5.74) is 1.69. The third kappa shape index (κ3) is 4.22. The Bertz CT molecular complexity index is 586. The molecule has 6 heteroatoms. The Morgan fingerprint density at radius 1 is 1.39 bits per heavy atom. The van der Waals surface area contributed by atoms with Gasteiger partial charge in [-0.05, 0) is 45.1 Å². The first-order valence-corrected chi connectivity index (χ1v) is 7.92. The van der Waals surface area contributed by atoms with Crippen LogP contribution in [0, 0.1) is 6.92 Å². The summed E-state index contributed by atoms with van der Waals surface area (Å²) in [4.78, 5) is 28.2. The highest BCUT2D eigenvalue weighted by Gasteiger charge is 2.34. The highest BCUT2D eigenvalue weighted by atomic mass is 16.5. The molecule has 2 rings (SSSR count). The molecule has 1 heterocycles. The second kappa shape index (κ2) is 7.46. The van der Waals surface area contributed by atoms with E-state index in [-0.39, 0.29) is 18.4 Å².